The van der Waals surface area contributed by atoms with Crippen LogP contribution in [0.3, 0.4) is 0 Å². The molecule has 3 atom stereocenters. The maximum atomic E-state index is 13.7. The van der Waals surface area contributed by atoms with Crippen molar-refractivity contribution in [3.63, 3.8) is 0 Å². The number of fused-ring (bicyclic) bond motifs is 2. The van der Waals surface area contributed by atoms with Gasteiger partial charge in [0.1, 0.15) is 28.8 Å². The van der Waals surface area contributed by atoms with Crippen LogP contribution in [-0.4, -0.2) is 17.9 Å². The van der Waals surface area contributed by atoms with Crippen molar-refractivity contribution in [1.82, 2.24) is 0 Å². The summed E-state index contributed by atoms with van der Waals surface area (Å²) in [5, 5.41) is 12.4. The monoisotopic (exact) mass is 479 g/mol. The van der Waals surface area contributed by atoms with Gasteiger partial charge in [-0.05, 0) is 67.6 Å². The van der Waals surface area contributed by atoms with Crippen molar-refractivity contribution < 1.29 is 18.8 Å². The van der Waals surface area contributed by atoms with E-state index in [9.17, 15) is 14.9 Å². The Morgan fingerprint density at radius 2 is 1.88 bits per heavy atom. The molecule has 7 nitrogen and oxygen atoms in total. The van der Waals surface area contributed by atoms with Crippen LogP contribution in [0.5, 0.6) is 0 Å². The lowest BCUT2D eigenvalue weighted by atomic mass is 9.94. The number of carbonyl (C=O) groups excluding carboxylic acids is 2. The molecule has 0 spiro atoms. The van der Waals surface area contributed by atoms with E-state index in [1.807, 2.05) is 0 Å². The molecule has 2 amide bonds. The quantitative estimate of drug-likeness (QED) is 0.502. The van der Waals surface area contributed by atoms with Crippen molar-refractivity contribution in [3.8, 4) is 6.07 Å². The van der Waals surface area contributed by atoms with Gasteiger partial charge in [0.15, 0.2) is 6.10 Å². The topological polar surface area (TPSA) is 86.8 Å². The van der Waals surface area contributed by atoms with Gasteiger partial charge < -0.3 is 4.42 Å². The van der Waals surface area contributed by atoms with Crippen LogP contribution in [0.1, 0.15) is 40.6 Å². The summed E-state index contributed by atoms with van der Waals surface area (Å²) in [6, 6.07) is 12.1. The smallest absolute Gasteiger partial charge is 0.267 e. The van der Waals surface area contributed by atoms with Crippen LogP contribution >= 0.6 is 22.9 Å². The zero-order valence-electron chi connectivity index (χ0n) is 17.4. The van der Waals surface area contributed by atoms with E-state index in [1.165, 1.54) is 22.5 Å². The lowest BCUT2D eigenvalue weighted by Gasteiger charge is -2.27. The molecule has 0 N–H and O–H groups in total. The van der Waals surface area contributed by atoms with Crippen molar-refractivity contribution in [3.05, 3.63) is 69.4 Å². The second kappa shape index (κ2) is 7.73. The van der Waals surface area contributed by atoms with E-state index in [0.717, 1.165) is 36.1 Å². The van der Waals surface area contributed by atoms with E-state index >= 15 is 0 Å². The van der Waals surface area contributed by atoms with Gasteiger partial charge in [-0.15, -0.1) is 11.3 Å². The van der Waals surface area contributed by atoms with Gasteiger partial charge in [-0.25, -0.2) is 9.96 Å². The number of rotatable bonds is 3. The van der Waals surface area contributed by atoms with Crippen LogP contribution in [0.2, 0.25) is 5.02 Å². The second-order valence-electron chi connectivity index (χ2n) is 8.33. The number of carbonyl (C=O) groups is 2. The number of anilines is 2. The fourth-order valence-corrected chi connectivity index (χ4v) is 6.47. The molecule has 0 unspecified atom stereocenters. The third-order valence-electron chi connectivity index (χ3n) is 6.50. The number of aryl methyl sites for hydroxylation is 1. The van der Waals surface area contributed by atoms with Gasteiger partial charge in [-0.2, -0.15) is 5.26 Å². The first-order valence-electron chi connectivity index (χ1n) is 10.8. The number of furan rings is 1. The van der Waals surface area contributed by atoms with E-state index in [4.69, 9.17) is 20.9 Å². The summed E-state index contributed by atoms with van der Waals surface area (Å²) in [6.45, 7) is 0. The highest BCUT2D eigenvalue weighted by Gasteiger charge is 2.61. The van der Waals surface area contributed by atoms with E-state index in [2.05, 4.69) is 6.07 Å². The minimum atomic E-state index is -1.01. The molecular formula is C24H18ClN3O4S. The van der Waals surface area contributed by atoms with E-state index in [-0.39, 0.29) is 5.91 Å². The summed E-state index contributed by atoms with van der Waals surface area (Å²) in [7, 11) is 0. The molecule has 3 aromatic rings. The molecule has 2 aliphatic heterocycles. The van der Waals surface area contributed by atoms with E-state index in [1.54, 1.807) is 41.5 Å². The zero-order valence-corrected chi connectivity index (χ0v) is 18.9. The third kappa shape index (κ3) is 3.04. The highest BCUT2D eigenvalue weighted by atomic mass is 35.5. The highest BCUT2D eigenvalue weighted by molar-refractivity contribution is 7.17. The number of thiophene rings is 1. The number of halogens is 1. The molecule has 1 aliphatic carbocycles. The molecule has 0 radical (unpaired) electrons. The minimum absolute atomic E-state index is 0.377. The largest absolute Gasteiger partial charge is 0.467 e. The molecule has 166 valence electrons. The first-order chi connectivity index (χ1) is 16.1. The van der Waals surface area contributed by atoms with Gasteiger partial charge in [0.25, 0.3) is 5.91 Å². The Morgan fingerprint density at radius 3 is 2.61 bits per heavy atom. The molecule has 0 bridgehead atoms. The summed E-state index contributed by atoms with van der Waals surface area (Å²) in [6.07, 6.45) is 4.24. The lowest BCUT2D eigenvalue weighted by molar-refractivity contribution is -0.126. The van der Waals surface area contributed by atoms with E-state index < -0.39 is 24.0 Å². The van der Waals surface area contributed by atoms with Crippen LogP contribution in [0.25, 0.3) is 0 Å². The van der Waals surface area contributed by atoms with Crippen molar-refractivity contribution >= 4 is 45.4 Å². The fourth-order valence-electron chi connectivity index (χ4n) is 5.00. The predicted molar refractivity (Wildman–Crippen MR) is 122 cm³/mol. The minimum Gasteiger partial charge on any atom is -0.467 e. The Morgan fingerprint density at radius 1 is 1.09 bits per heavy atom. The van der Waals surface area contributed by atoms with E-state index in [0.29, 0.717) is 27.0 Å². The molecule has 4 heterocycles. The molecule has 1 aromatic carbocycles. The number of imide groups is 1. The van der Waals surface area contributed by atoms with Crippen LogP contribution in [0.15, 0.2) is 47.1 Å². The van der Waals surface area contributed by atoms with Gasteiger partial charge in [-0.1, -0.05) is 11.6 Å². The SMILES string of the molecule is N#Cc1c(N2C(=O)[C@@H]3[C@@H](ON(c4ccc(Cl)cc4)[C@H]3c3ccco3)C2=O)sc2c1CCCC2. The standard InChI is InChI=1S/C24H18ClN3O4S/c25-13-7-9-14(10-8-13)28-20(17-5-3-11-31-17)19-21(32-28)23(30)27(22(19)29)24-16(12-26)15-4-1-2-6-18(15)33-24/h3,5,7-11,19-21H,1-2,4,6H2/t19-,20-,21+/m0/s1. The van der Waals surface area contributed by atoms with Gasteiger partial charge in [0, 0.05) is 9.90 Å². The molecule has 3 aliphatic rings. The lowest BCUT2D eigenvalue weighted by Crippen LogP contribution is -2.37. The molecule has 2 fully saturated rings. The highest BCUT2D eigenvalue weighted by Crippen LogP contribution is 2.50. The van der Waals surface area contributed by atoms with Crippen LogP contribution in [-0.2, 0) is 27.3 Å². The molecule has 0 saturated carbocycles. The van der Waals surface area contributed by atoms with Crippen molar-refractivity contribution in [2.45, 2.75) is 37.8 Å². The van der Waals surface area contributed by atoms with Gasteiger partial charge in [-0.3, -0.25) is 14.4 Å². The Balaban J connectivity index is 1.42. The summed E-state index contributed by atoms with van der Waals surface area (Å²) in [4.78, 5) is 35.6. The summed E-state index contributed by atoms with van der Waals surface area (Å²) >= 11 is 7.42. The number of benzene rings is 1. The number of nitriles is 1. The second-order valence-corrected chi connectivity index (χ2v) is 9.85. The van der Waals surface area contributed by atoms with Crippen molar-refractivity contribution in [1.29, 1.82) is 5.26 Å². The first-order valence-corrected chi connectivity index (χ1v) is 12.0. The maximum absolute atomic E-state index is 13.7. The molecular weight excluding hydrogens is 462 g/mol. The van der Waals surface area contributed by atoms with Crippen LogP contribution < -0.4 is 9.96 Å². The zero-order chi connectivity index (χ0) is 22.7. The number of hydrogen-bond acceptors (Lipinski definition) is 7. The number of amides is 2. The molecule has 2 saturated heterocycles. The van der Waals surface area contributed by atoms with Crippen LogP contribution in [0.4, 0.5) is 10.7 Å². The van der Waals surface area contributed by atoms with Crippen molar-refractivity contribution in [2.75, 3.05) is 9.96 Å². The Bertz CT molecular complexity index is 1290. The van der Waals surface area contributed by atoms with Gasteiger partial charge in [0.05, 0.1) is 17.5 Å². The van der Waals surface area contributed by atoms with Gasteiger partial charge >= 0.3 is 0 Å². The predicted octanol–water partition coefficient (Wildman–Crippen LogP) is 4.80. The average molecular weight is 480 g/mol. The van der Waals surface area contributed by atoms with Gasteiger partial charge in [0.2, 0.25) is 5.91 Å². The number of nitrogens with zero attached hydrogens (tertiary/aromatic N) is 3. The Hall–Kier alpha value is -3.12. The Kier molecular flexibility index (Phi) is 4.80. The van der Waals surface area contributed by atoms with Crippen LogP contribution in [0, 0.1) is 17.2 Å². The number of hydroxylamine groups is 1. The summed E-state index contributed by atoms with van der Waals surface area (Å²) < 4.78 is 5.66. The normalized spacial score (nSPS) is 24.2. The van der Waals surface area contributed by atoms with Crippen molar-refractivity contribution in [2.24, 2.45) is 5.92 Å². The maximum Gasteiger partial charge on any atom is 0.267 e. The third-order valence-corrected chi connectivity index (χ3v) is 8.03. The number of hydrogen-bond donors (Lipinski definition) is 0. The molecule has 9 heteroatoms. The average Bonchev–Trinajstić information content (AvgIpc) is 3.58. The molecule has 6 rings (SSSR count). The fraction of sp³-hybridized carbons (Fsp3) is 0.292. The molecule has 33 heavy (non-hydrogen) atoms. The summed E-state index contributed by atoms with van der Waals surface area (Å²) in [5.41, 5.74) is 2.08. The molecule has 2 aromatic heterocycles. The Labute approximate surface area is 198 Å². The summed E-state index contributed by atoms with van der Waals surface area (Å²) in [5.74, 6) is -1.11. The first kappa shape index (κ1) is 20.5.